The third-order valence-corrected chi connectivity index (χ3v) is 4.98. The van der Waals surface area contributed by atoms with Crippen LogP contribution in [0.2, 0.25) is 0 Å². The van der Waals surface area contributed by atoms with Crippen LogP contribution in [-0.4, -0.2) is 37.3 Å². The zero-order valence-electron chi connectivity index (χ0n) is 13.5. The Hall–Kier alpha value is -2.48. The van der Waals surface area contributed by atoms with Crippen LogP contribution >= 0.6 is 11.3 Å². The second-order valence-corrected chi connectivity index (χ2v) is 6.96. The molecule has 1 atom stereocenters. The molecule has 1 aliphatic heterocycles. The van der Waals surface area contributed by atoms with Crippen molar-refractivity contribution in [2.45, 2.75) is 25.8 Å². The Bertz CT molecular complexity index is 881. The molecule has 8 heteroatoms. The van der Waals surface area contributed by atoms with Gasteiger partial charge in [-0.1, -0.05) is 5.16 Å². The van der Waals surface area contributed by atoms with E-state index in [9.17, 15) is 4.79 Å². The van der Waals surface area contributed by atoms with Crippen molar-refractivity contribution < 1.29 is 9.32 Å². The third-order valence-electron chi connectivity index (χ3n) is 4.19. The molecular weight excluding hydrogens is 326 g/mol. The summed E-state index contributed by atoms with van der Waals surface area (Å²) in [6.07, 6.45) is 3.72. The van der Waals surface area contributed by atoms with Gasteiger partial charge in [-0.3, -0.25) is 9.48 Å². The number of hydrogen-bond donors (Lipinski definition) is 0. The number of thiazole rings is 1. The zero-order valence-corrected chi connectivity index (χ0v) is 14.3. The molecule has 1 aliphatic rings. The fourth-order valence-corrected chi connectivity index (χ4v) is 3.70. The first-order valence-electron chi connectivity index (χ1n) is 7.81. The highest BCUT2D eigenvalue weighted by atomic mass is 32.1. The number of amides is 1. The molecule has 4 heterocycles. The van der Waals surface area contributed by atoms with E-state index in [4.69, 9.17) is 4.52 Å². The van der Waals surface area contributed by atoms with Crippen LogP contribution in [0.3, 0.4) is 0 Å². The third kappa shape index (κ3) is 2.62. The van der Waals surface area contributed by atoms with E-state index >= 15 is 0 Å². The van der Waals surface area contributed by atoms with Gasteiger partial charge in [-0.25, -0.2) is 4.98 Å². The molecule has 4 rings (SSSR count). The zero-order chi connectivity index (χ0) is 16.7. The molecule has 1 saturated heterocycles. The number of nitrogens with zero attached hydrogens (tertiary/aromatic N) is 5. The van der Waals surface area contributed by atoms with Crippen molar-refractivity contribution in [2.75, 3.05) is 6.54 Å². The molecule has 7 nitrogen and oxygen atoms in total. The van der Waals surface area contributed by atoms with Gasteiger partial charge in [0.25, 0.3) is 5.91 Å². The van der Waals surface area contributed by atoms with Crippen molar-refractivity contribution in [1.82, 2.24) is 24.8 Å². The first-order valence-corrected chi connectivity index (χ1v) is 8.69. The molecule has 124 valence electrons. The topological polar surface area (TPSA) is 77.0 Å². The van der Waals surface area contributed by atoms with Crippen molar-refractivity contribution in [3.05, 3.63) is 40.1 Å². The Morgan fingerprint density at radius 3 is 3.04 bits per heavy atom. The first kappa shape index (κ1) is 15.1. The number of hydrogen-bond acceptors (Lipinski definition) is 6. The number of carbonyl (C=O) groups excluding carboxylic acids is 1. The van der Waals surface area contributed by atoms with Crippen molar-refractivity contribution >= 4 is 17.2 Å². The summed E-state index contributed by atoms with van der Waals surface area (Å²) in [6.45, 7) is 2.69. The van der Waals surface area contributed by atoms with Crippen LogP contribution < -0.4 is 0 Å². The molecule has 3 aromatic rings. The van der Waals surface area contributed by atoms with Gasteiger partial charge in [0, 0.05) is 31.2 Å². The van der Waals surface area contributed by atoms with Crippen LogP contribution in [-0.2, 0) is 7.05 Å². The van der Waals surface area contributed by atoms with Gasteiger partial charge < -0.3 is 9.42 Å². The van der Waals surface area contributed by atoms with Gasteiger partial charge in [0.1, 0.15) is 5.69 Å². The Morgan fingerprint density at radius 1 is 1.46 bits per heavy atom. The molecule has 0 saturated carbocycles. The minimum Gasteiger partial charge on any atom is -0.354 e. The summed E-state index contributed by atoms with van der Waals surface area (Å²) < 4.78 is 6.98. The normalized spacial score (nSPS) is 17.6. The number of rotatable bonds is 3. The molecular formula is C16H17N5O2S. The fraction of sp³-hybridized carbons (Fsp3) is 0.375. The summed E-state index contributed by atoms with van der Waals surface area (Å²) in [4.78, 5) is 19.2. The molecule has 1 amide bonds. The largest absolute Gasteiger partial charge is 0.354 e. The predicted octanol–water partition coefficient (Wildman–Crippen LogP) is 2.82. The van der Waals surface area contributed by atoms with Crippen LogP contribution in [0.25, 0.3) is 11.5 Å². The average Bonchev–Trinajstić information content (AvgIpc) is 3.33. The summed E-state index contributed by atoms with van der Waals surface area (Å²) in [6, 6.07) is 3.51. The molecule has 3 aromatic heterocycles. The average molecular weight is 343 g/mol. The lowest BCUT2D eigenvalue weighted by Gasteiger charge is -2.22. The van der Waals surface area contributed by atoms with Crippen LogP contribution in [0.1, 0.15) is 40.1 Å². The van der Waals surface area contributed by atoms with Gasteiger partial charge in [-0.05, 0) is 25.8 Å². The lowest BCUT2D eigenvalue weighted by molar-refractivity contribution is 0.0722. The Morgan fingerprint density at radius 2 is 2.33 bits per heavy atom. The van der Waals surface area contributed by atoms with Gasteiger partial charge >= 0.3 is 0 Å². The smallest absolute Gasteiger partial charge is 0.276 e. The van der Waals surface area contributed by atoms with Crippen molar-refractivity contribution in [3.8, 4) is 11.5 Å². The summed E-state index contributed by atoms with van der Waals surface area (Å²) in [5, 5.41) is 11.3. The van der Waals surface area contributed by atoms with E-state index in [1.165, 1.54) is 0 Å². The van der Waals surface area contributed by atoms with Gasteiger partial charge in [0.2, 0.25) is 0 Å². The summed E-state index contributed by atoms with van der Waals surface area (Å²) in [5.74, 6) is 0.383. The van der Waals surface area contributed by atoms with Gasteiger partial charge in [0.05, 0.1) is 16.7 Å². The van der Waals surface area contributed by atoms with E-state index in [0.29, 0.717) is 23.7 Å². The van der Waals surface area contributed by atoms with Crippen LogP contribution in [0.4, 0.5) is 0 Å². The van der Waals surface area contributed by atoms with Crippen LogP contribution in [0.15, 0.2) is 28.2 Å². The molecule has 0 bridgehead atoms. The highest BCUT2D eigenvalue weighted by Gasteiger charge is 2.33. The Balaban J connectivity index is 1.58. The second-order valence-electron chi connectivity index (χ2n) is 5.90. The number of aryl methyl sites for hydroxylation is 2. The van der Waals surface area contributed by atoms with E-state index < -0.39 is 0 Å². The van der Waals surface area contributed by atoms with Gasteiger partial charge in [-0.2, -0.15) is 5.10 Å². The molecule has 1 fully saturated rings. The van der Waals surface area contributed by atoms with Crippen LogP contribution in [0.5, 0.6) is 0 Å². The van der Waals surface area contributed by atoms with E-state index in [0.717, 1.165) is 23.5 Å². The SMILES string of the molecule is Cc1nc([C@H]2CCCN2C(=O)c2cc(-c3ccn(C)n3)on2)cs1. The maximum atomic E-state index is 12.8. The molecule has 0 radical (unpaired) electrons. The standard InChI is InChI=1S/C16H17N5O2S/c1-10-17-13(9-24-10)14-4-3-6-21(14)16(22)12-8-15(23-19-12)11-5-7-20(2)18-11/h5,7-9,14H,3-4,6H2,1-2H3/t14-/m1/s1. The van der Waals surface area contributed by atoms with Crippen molar-refractivity contribution in [3.63, 3.8) is 0 Å². The molecule has 0 spiro atoms. The second kappa shape index (κ2) is 5.86. The maximum Gasteiger partial charge on any atom is 0.276 e. The predicted molar refractivity (Wildman–Crippen MR) is 88.6 cm³/mol. The fourth-order valence-electron chi connectivity index (χ4n) is 3.04. The minimum absolute atomic E-state index is 0.0254. The van der Waals surface area contributed by atoms with E-state index in [2.05, 4.69) is 15.2 Å². The maximum absolute atomic E-state index is 12.8. The molecule has 0 aromatic carbocycles. The lowest BCUT2D eigenvalue weighted by atomic mass is 10.1. The molecule has 0 N–H and O–H groups in total. The number of carbonyl (C=O) groups is 1. The summed E-state index contributed by atoms with van der Waals surface area (Å²) >= 11 is 1.61. The summed E-state index contributed by atoms with van der Waals surface area (Å²) in [7, 11) is 1.83. The highest BCUT2D eigenvalue weighted by molar-refractivity contribution is 7.09. The van der Waals surface area contributed by atoms with E-state index in [1.807, 2.05) is 36.5 Å². The molecule has 24 heavy (non-hydrogen) atoms. The summed E-state index contributed by atoms with van der Waals surface area (Å²) in [5.41, 5.74) is 1.95. The van der Waals surface area contributed by atoms with Gasteiger partial charge in [-0.15, -0.1) is 11.3 Å². The quantitative estimate of drug-likeness (QED) is 0.731. The Kier molecular flexibility index (Phi) is 3.68. The molecule has 0 unspecified atom stereocenters. The monoisotopic (exact) mass is 343 g/mol. The highest BCUT2D eigenvalue weighted by Crippen LogP contribution is 2.33. The Labute approximate surface area is 142 Å². The lowest BCUT2D eigenvalue weighted by Crippen LogP contribution is -2.30. The van der Waals surface area contributed by atoms with E-state index in [1.54, 1.807) is 22.1 Å². The van der Waals surface area contributed by atoms with Gasteiger partial charge in [0.15, 0.2) is 11.5 Å². The first-order chi connectivity index (χ1) is 11.6. The number of aromatic nitrogens is 4. The molecule has 0 aliphatic carbocycles. The minimum atomic E-state index is -0.117. The van der Waals surface area contributed by atoms with E-state index in [-0.39, 0.29) is 11.9 Å². The van der Waals surface area contributed by atoms with Crippen molar-refractivity contribution in [1.29, 1.82) is 0 Å². The van der Waals surface area contributed by atoms with Crippen molar-refractivity contribution in [2.24, 2.45) is 7.05 Å². The number of likely N-dealkylation sites (tertiary alicyclic amines) is 1. The van der Waals surface area contributed by atoms with Crippen LogP contribution in [0, 0.1) is 6.92 Å².